The maximum absolute atomic E-state index is 13.3. The number of aliphatic hydroxyl groups is 1. The molecule has 1 atom stereocenters. The second-order valence-electron chi connectivity index (χ2n) is 8.69. The number of Topliss-reactive ketones (excluding diaryl/α,β-unsaturated/α-hetero) is 1. The number of nitro benzene ring substituents is 1. The summed E-state index contributed by atoms with van der Waals surface area (Å²) >= 11 is 0. The molecule has 2 amide bonds. The van der Waals surface area contributed by atoms with E-state index in [-0.39, 0.29) is 22.7 Å². The van der Waals surface area contributed by atoms with E-state index in [9.17, 15) is 29.6 Å². The number of nitrogens with zero attached hydrogens (tertiary/aromatic N) is 3. The van der Waals surface area contributed by atoms with Crippen molar-refractivity contribution >= 4 is 46.1 Å². The molecule has 1 unspecified atom stereocenters. The zero-order chi connectivity index (χ0) is 26.9. The van der Waals surface area contributed by atoms with Crippen molar-refractivity contribution in [2.24, 2.45) is 0 Å². The van der Waals surface area contributed by atoms with E-state index >= 15 is 0 Å². The van der Waals surface area contributed by atoms with Gasteiger partial charge in [0.15, 0.2) is 0 Å². The van der Waals surface area contributed by atoms with E-state index < -0.39 is 28.4 Å². The zero-order valence-electron chi connectivity index (χ0n) is 20.3. The fourth-order valence-electron chi connectivity index (χ4n) is 4.23. The Balaban J connectivity index is 1.92. The van der Waals surface area contributed by atoms with E-state index in [2.05, 4.69) is 5.32 Å². The van der Waals surface area contributed by atoms with Crippen LogP contribution in [0.25, 0.3) is 5.76 Å². The lowest BCUT2D eigenvalue weighted by Crippen LogP contribution is -2.29. The molecule has 37 heavy (non-hydrogen) atoms. The third-order valence-corrected chi connectivity index (χ3v) is 5.94. The number of rotatable bonds is 6. The first-order chi connectivity index (χ1) is 17.6. The minimum absolute atomic E-state index is 0.0362. The average molecular weight is 501 g/mol. The highest BCUT2D eigenvalue weighted by Crippen LogP contribution is 2.43. The van der Waals surface area contributed by atoms with Crippen LogP contribution in [0, 0.1) is 10.1 Å². The van der Waals surface area contributed by atoms with E-state index in [1.54, 1.807) is 36.4 Å². The zero-order valence-corrected chi connectivity index (χ0v) is 20.3. The predicted octanol–water partition coefficient (Wildman–Crippen LogP) is 4.25. The molecule has 3 aromatic carbocycles. The molecule has 1 fully saturated rings. The van der Waals surface area contributed by atoms with E-state index in [0.717, 1.165) is 11.8 Å². The highest BCUT2D eigenvalue weighted by molar-refractivity contribution is 6.51. The second kappa shape index (κ2) is 9.94. The van der Waals surface area contributed by atoms with Crippen molar-refractivity contribution in [3.05, 3.63) is 99.6 Å². The Morgan fingerprint density at radius 1 is 1.03 bits per heavy atom. The number of hydrogen-bond donors (Lipinski definition) is 2. The van der Waals surface area contributed by atoms with Gasteiger partial charge in [-0.15, -0.1) is 0 Å². The van der Waals surface area contributed by atoms with Gasteiger partial charge >= 0.3 is 0 Å². The first-order valence-electron chi connectivity index (χ1n) is 11.3. The van der Waals surface area contributed by atoms with Gasteiger partial charge in [0.1, 0.15) is 5.76 Å². The van der Waals surface area contributed by atoms with Gasteiger partial charge in [-0.25, -0.2) is 0 Å². The molecule has 1 aliphatic rings. The van der Waals surface area contributed by atoms with Gasteiger partial charge in [0.05, 0.1) is 16.5 Å². The molecule has 1 heterocycles. The molecule has 0 aromatic heterocycles. The Hall–Kier alpha value is -4.99. The normalized spacial score (nSPS) is 16.5. The van der Waals surface area contributed by atoms with E-state index in [0.29, 0.717) is 16.9 Å². The summed E-state index contributed by atoms with van der Waals surface area (Å²) in [5.41, 5.74) is 1.74. The third-order valence-electron chi connectivity index (χ3n) is 5.94. The predicted molar refractivity (Wildman–Crippen MR) is 139 cm³/mol. The SMILES string of the molecule is CC(=O)Nc1cccc(N2C(=O)C(=O)/C(=C(\O)c3cccc([N+](=O)[O-])c3)C2c2ccc(N(C)C)cc2)c1. The highest BCUT2D eigenvalue weighted by atomic mass is 16.6. The summed E-state index contributed by atoms with van der Waals surface area (Å²) < 4.78 is 0. The van der Waals surface area contributed by atoms with Crippen molar-refractivity contribution in [1.82, 2.24) is 0 Å². The van der Waals surface area contributed by atoms with Crippen molar-refractivity contribution < 1.29 is 24.4 Å². The summed E-state index contributed by atoms with van der Waals surface area (Å²) in [4.78, 5) is 52.0. The minimum Gasteiger partial charge on any atom is -0.507 e. The summed E-state index contributed by atoms with van der Waals surface area (Å²) in [6.07, 6.45) is 0. The molecule has 1 saturated heterocycles. The molecule has 10 nitrogen and oxygen atoms in total. The topological polar surface area (TPSA) is 133 Å². The molecule has 4 rings (SSSR count). The number of nitrogens with one attached hydrogen (secondary N) is 1. The summed E-state index contributed by atoms with van der Waals surface area (Å²) in [7, 11) is 3.74. The molecule has 188 valence electrons. The van der Waals surface area contributed by atoms with Gasteiger partial charge in [0.2, 0.25) is 5.91 Å². The molecule has 0 bridgehead atoms. The molecule has 2 N–H and O–H groups in total. The van der Waals surface area contributed by atoms with Crippen LogP contribution in [0.4, 0.5) is 22.7 Å². The van der Waals surface area contributed by atoms with Gasteiger partial charge in [-0.05, 0) is 35.9 Å². The number of non-ortho nitro benzene ring substituents is 1. The molecule has 3 aromatic rings. The lowest BCUT2D eigenvalue weighted by Gasteiger charge is -2.26. The lowest BCUT2D eigenvalue weighted by atomic mass is 9.94. The van der Waals surface area contributed by atoms with Gasteiger partial charge in [0.25, 0.3) is 17.4 Å². The van der Waals surface area contributed by atoms with E-state index in [1.165, 1.54) is 30.0 Å². The van der Waals surface area contributed by atoms with E-state index in [1.807, 2.05) is 31.1 Å². The standard InChI is InChI=1S/C27H24N4O6/c1-16(32)28-19-7-5-8-21(15-19)30-24(17-10-12-20(13-11-17)29(2)3)23(26(34)27(30)35)25(33)18-6-4-9-22(14-18)31(36)37/h4-15,24,33H,1-3H3,(H,28,32)/b25-23-. The monoisotopic (exact) mass is 500 g/mol. The smallest absolute Gasteiger partial charge is 0.300 e. The van der Waals surface area contributed by atoms with Gasteiger partial charge in [-0.3, -0.25) is 29.4 Å². The Bertz CT molecular complexity index is 1450. The first-order valence-corrected chi connectivity index (χ1v) is 11.3. The van der Waals surface area contributed by atoms with Crippen molar-refractivity contribution in [2.75, 3.05) is 29.2 Å². The van der Waals surface area contributed by atoms with Crippen molar-refractivity contribution in [1.29, 1.82) is 0 Å². The maximum Gasteiger partial charge on any atom is 0.300 e. The number of benzene rings is 3. The van der Waals surface area contributed by atoms with Crippen LogP contribution < -0.4 is 15.1 Å². The van der Waals surface area contributed by atoms with Crippen LogP contribution in [0.5, 0.6) is 0 Å². The number of aliphatic hydroxyl groups excluding tert-OH is 1. The summed E-state index contributed by atoms with van der Waals surface area (Å²) in [5.74, 6) is -2.64. The van der Waals surface area contributed by atoms with Crippen LogP contribution in [-0.2, 0) is 14.4 Å². The second-order valence-corrected chi connectivity index (χ2v) is 8.69. The Morgan fingerprint density at radius 3 is 2.32 bits per heavy atom. The quantitative estimate of drug-likeness (QED) is 0.170. The molecular weight excluding hydrogens is 476 g/mol. The number of carbonyl (C=O) groups is 3. The van der Waals surface area contributed by atoms with Crippen LogP contribution in [0.3, 0.4) is 0 Å². The number of anilines is 3. The molecule has 0 saturated carbocycles. The molecule has 10 heteroatoms. The van der Waals surface area contributed by atoms with Crippen LogP contribution in [0.1, 0.15) is 24.1 Å². The van der Waals surface area contributed by atoms with Crippen molar-refractivity contribution in [2.45, 2.75) is 13.0 Å². The largest absolute Gasteiger partial charge is 0.507 e. The number of nitro groups is 1. The summed E-state index contributed by atoms with van der Waals surface area (Å²) in [6, 6.07) is 17.8. The third kappa shape index (κ3) is 4.90. The van der Waals surface area contributed by atoms with Gasteiger partial charge in [-0.1, -0.05) is 30.3 Å². The maximum atomic E-state index is 13.3. The van der Waals surface area contributed by atoms with E-state index in [4.69, 9.17) is 0 Å². The summed E-state index contributed by atoms with van der Waals surface area (Å²) in [6.45, 7) is 1.35. The molecule has 0 aliphatic carbocycles. The molecular formula is C27H24N4O6. The first kappa shape index (κ1) is 25.1. The van der Waals surface area contributed by atoms with Gasteiger partial charge in [-0.2, -0.15) is 0 Å². The van der Waals surface area contributed by atoms with Crippen LogP contribution in [0.2, 0.25) is 0 Å². The number of hydrogen-bond acceptors (Lipinski definition) is 7. The van der Waals surface area contributed by atoms with Crippen molar-refractivity contribution in [3.63, 3.8) is 0 Å². The number of carbonyl (C=O) groups excluding carboxylic acids is 3. The van der Waals surface area contributed by atoms with Crippen molar-refractivity contribution in [3.8, 4) is 0 Å². The molecule has 0 spiro atoms. The van der Waals surface area contributed by atoms with Crippen LogP contribution in [0.15, 0.2) is 78.4 Å². The van der Waals surface area contributed by atoms with Gasteiger partial charge in [0, 0.05) is 55.8 Å². The van der Waals surface area contributed by atoms with Crippen LogP contribution >= 0.6 is 0 Å². The van der Waals surface area contributed by atoms with Gasteiger partial charge < -0.3 is 15.3 Å². The van der Waals surface area contributed by atoms with Crippen LogP contribution in [-0.4, -0.2) is 41.7 Å². The fourth-order valence-corrected chi connectivity index (χ4v) is 4.23. The fraction of sp³-hybridized carbons (Fsp3) is 0.148. The Morgan fingerprint density at radius 2 is 1.70 bits per heavy atom. The lowest BCUT2D eigenvalue weighted by molar-refractivity contribution is -0.384. The molecule has 1 aliphatic heterocycles. The number of amides is 2. The Labute approximate surface area is 212 Å². The highest BCUT2D eigenvalue weighted by Gasteiger charge is 2.47. The Kier molecular flexibility index (Phi) is 6.75. The average Bonchev–Trinajstić information content (AvgIpc) is 3.13. The minimum atomic E-state index is -1.02. The number of ketones is 1. The molecule has 0 radical (unpaired) electrons. The summed E-state index contributed by atoms with van der Waals surface area (Å²) in [5, 5.41) is 25.1.